The van der Waals surface area contributed by atoms with Gasteiger partial charge in [0, 0.05) is 77.3 Å². The first-order valence-corrected chi connectivity index (χ1v) is 16.0. The number of nitrogens with one attached hydrogen (secondary N) is 4. The largest absolute Gasteiger partial charge is 0.354 e. The van der Waals surface area contributed by atoms with Gasteiger partial charge in [-0.1, -0.05) is 0 Å². The van der Waals surface area contributed by atoms with Crippen molar-refractivity contribution in [1.82, 2.24) is 31.1 Å². The first-order chi connectivity index (χ1) is 20.9. The maximum absolute atomic E-state index is 12.7. The van der Waals surface area contributed by atoms with Crippen LogP contribution in [0, 0.1) is 5.92 Å². The van der Waals surface area contributed by atoms with Gasteiger partial charge in [-0.3, -0.25) is 53.0 Å². The van der Waals surface area contributed by atoms with E-state index in [0.717, 1.165) is 9.80 Å². The zero-order chi connectivity index (χ0) is 32.8. The molecule has 0 aromatic carbocycles. The molecule has 18 heteroatoms. The molecular weight excluding hydrogens is 623 g/mol. The molecular formula is C26H37FN6O9S2. The van der Waals surface area contributed by atoms with Gasteiger partial charge in [-0.05, 0) is 13.2 Å². The number of carbonyl (C=O) groups is 9. The average molecular weight is 661 g/mol. The molecule has 2 fully saturated rings. The topological polar surface area (TPSA) is 208 Å². The molecule has 2 aliphatic rings. The summed E-state index contributed by atoms with van der Waals surface area (Å²) in [4.78, 5) is 110. The van der Waals surface area contributed by atoms with Gasteiger partial charge in [0.1, 0.15) is 11.0 Å². The Morgan fingerprint density at radius 2 is 1.11 bits per heavy atom. The third kappa shape index (κ3) is 11.5. The molecule has 2 rings (SSSR count). The lowest BCUT2D eigenvalue weighted by molar-refractivity contribution is -0.140. The van der Waals surface area contributed by atoms with Gasteiger partial charge in [0.05, 0.1) is 23.8 Å². The van der Waals surface area contributed by atoms with Crippen molar-refractivity contribution in [1.29, 1.82) is 0 Å². The van der Waals surface area contributed by atoms with Gasteiger partial charge in [0.15, 0.2) is 0 Å². The molecule has 244 valence electrons. The van der Waals surface area contributed by atoms with Crippen LogP contribution in [0.25, 0.3) is 0 Å². The van der Waals surface area contributed by atoms with E-state index < -0.39 is 51.9 Å². The second-order valence-corrected chi connectivity index (χ2v) is 11.9. The standard InChI is InChI=1S/C26H37FN6O9S2/c1-15(34)16(11-21(37)30-7-5-28-19(35)3-9-32-23(39)13-17(43-2)25(32)41)12-22(38)31-8-6-29-20(36)4-10-33-24(40)14-18(44-27)26(33)42/h16-18H,3-14H2,1-2H3,(H,28,35)(H,29,36)(H,30,37)(H,31,38). The molecule has 0 spiro atoms. The Morgan fingerprint density at radius 1 is 0.727 bits per heavy atom. The minimum Gasteiger partial charge on any atom is -0.354 e. The number of thioether (sulfide) groups is 1. The lowest BCUT2D eigenvalue weighted by Gasteiger charge is -2.15. The number of halogens is 1. The summed E-state index contributed by atoms with van der Waals surface area (Å²) in [6.45, 7) is 1.27. The van der Waals surface area contributed by atoms with Crippen LogP contribution in [-0.2, 0) is 43.2 Å². The number of hydrogen-bond acceptors (Lipinski definition) is 11. The van der Waals surface area contributed by atoms with Crippen LogP contribution in [0.1, 0.15) is 45.4 Å². The first kappa shape index (κ1) is 36.7. The highest BCUT2D eigenvalue weighted by Gasteiger charge is 2.39. The Labute approximate surface area is 262 Å². The maximum Gasteiger partial charge on any atom is 0.245 e. The molecule has 0 aromatic heterocycles. The number of likely N-dealkylation sites (tertiary alicyclic amines) is 2. The molecule has 44 heavy (non-hydrogen) atoms. The lowest BCUT2D eigenvalue weighted by Crippen LogP contribution is -2.39. The monoisotopic (exact) mass is 660 g/mol. The predicted octanol–water partition coefficient (Wildman–Crippen LogP) is -1.55. The fourth-order valence-electron chi connectivity index (χ4n) is 4.39. The Hall–Kier alpha value is -3.54. The van der Waals surface area contributed by atoms with E-state index in [0.29, 0.717) is 0 Å². The van der Waals surface area contributed by atoms with Gasteiger partial charge in [-0.15, -0.1) is 0 Å². The van der Waals surface area contributed by atoms with E-state index in [2.05, 4.69) is 21.3 Å². The number of amides is 8. The smallest absolute Gasteiger partial charge is 0.245 e. The van der Waals surface area contributed by atoms with Crippen molar-refractivity contribution in [3.63, 3.8) is 0 Å². The Bertz CT molecular complexity index is 1080. The van der Waals surface area contributed by atoms with Gasteiger partial charge in [-0.25, -0.2) is 0 Å². The van der Waals surface area contributed by atoms with Crippen LogP contribution in [0.5, 0.6) is 0 Å². The fraction of sp³-hybridized carbons (Fsp3) is 0.654. The highest BCUT2D eigenvalue weighted by atomic mass is 32.2. The van der Waals surface area contributed by atoms with Crippen molar-refractivity contribution in [3.05, 3.63) is 0 Å². The van der Waals surface area contributed by atoms with E-state index >= 15 is 0 Å². The number of rotatable bonds is 19. The Morgan fingerprint density at radius 3 is 1.45 bits per heavy atom. The van der Waals surface area contributed by atoms with E-state index in [4.69, 9.17) is 0 Å². The summed E-state index contributed by atoms with van der Waals surface area (Å²) in [6.07, 6.45) is 0.850. The summed E-state index contributed by atoms with van der Waals surface area (Å²) in [5, 5.41) is 8.69. The molecule has 15 nitrogen and oxygen atoms in total. The first-order valence-electron chi connectivity index (χ1n) is 13.9. The number of carbonyl (C=O) groups excluding carboxylic acids is 9. The van der Waals surface area contributed by atoms with Crippen molar-refractivity contribution in [2.24, 2.45) is 5.92 Å². The molecule has 0 saturated carbocycles. The van der Waals surface area contributed by atoms with Gasteiger partial charge in [-0.2, -0.15) is 15.6 Å². The van der Waals surface area contributed by atoms with Crippen LogP contribution in [0.2, 0.25) is 0 Å². The van der Waals surface area contributed by atoms with Crippen molar-refractivity contribution in [3.8, 4) is 0 Å². The van der Waals surface area contributed by atoms with Crippen molar-refractivity contribution in [2.45, 2.75) is 55.9 Å². The molecule has 8 amide bonds. The minimum atomic E-state index is -1.08. The normalized spacial score (nSPS) is 18.8. The summed E-state index contributed by atoms with van der Waals surface area (Å²) in [6, 6.07) is 0. The fourth-order valence-corrected chi connectivity index (χ4v) is 5.44. The van der Waals surface area contributed by atoms with Gasteiger partial charge < -0.3 is 21.3 Å². The minimum absolute atomic E-state index is 0.0208. The van der Waals surface area contributed by atoms with Crippen molar-refractivity contribution >= 4 is 77.0 Å². The van der Waals surface area contributed by atoms with Gasteiger partial charge in [0.2, 0.25) is 47.3 Å². The number of hydrogen-bond donors (Lipinski definition) is 4. The lowest BCUT2D eigenvalue weighted by atomic mass is 9.96. The van der Waals surface area contributed by atoms with Gasteiger partial charge in [0.25, 0.3) is 0 Å². The summed E-state index contributed by atoms with van der Waals surface area (Å²) in [5.41, 5.74) is 0. The van der Waals surface area contributed by atoms with E-state index in [9.17, 15) is 47.0 Å². The van der Waals surface area contributed by atoms with E-state index in [1.165, 1.54) is 18.7 Å². The predicted molar refractivity (Wildman–Crippen MR) is 157 cm³/mol. The quantitative estimate of drug-likeness (QED) is 0.0921. The van der Waals surface area contributed by atoms with E-state index in [1.54, 1.807) is 6.26 Å². The SMILES string of the molecule is CSC1CC(=O)N(CCC(=O)NCCNC(=O)CC(CC(=O)NCCNC(=O)CCN2C(=O)CC(SF)C2=O)C(C)=O)C1=O. The molecule has 0 aromatic rings. The third-order valence-electron chi connectivity index (χ3n) is 6.90. The number of nitrogens with zero attached hydrogens (tertiary/aromatic N) is 2. The molecule has 2 saturated heterocycles. The van der Waals surface area contributed by atoms with Crippen molar-refractivity contribution in [2.75, 3.05) is 45.5 Å². The van der Waals surface area contributed by atoms with Crippen LogP contribution in [0.15, 0.2) is 0 Å². The molecule has 4 N–H and O–H groups in total. The zero-order valence-corrected chi connectivity index (χ0v) is 26.1. The van der Waals surface area contributed by atoms with E-state index in [1.807, 2.05) is 0 Å². The molecule has 0 radical (unpaired) electrons. The van der Waals surface area contributed by atoms with Crippen LogP contribution in [-0.4, -0.2) is 119 Å². The number of Topliss-reactive ketones (excluding diaryl/α,β-unsaturated/α-hetero) is 1. The zero-order valence-electron chi connectivity index (χ0n) is 24.5. The van der Waals surface area contributed by atoms with E-state index in [-0.39, 0.29) is 108 Å². The van der Waals surface area contributed by atoms with Gasteiger partial charge >= 0.3 is 0 Å². The Balaban J connectivity index is 1.58. The van der Waals surface area contributed by atoms with Crippen LogP contribution < -0.4 is 21.3 Å². The second kappa shape index (κ2) is 18.3. The van der Waals surface area contributed by atoms with Crippen molar-refractivity contribution < 1.29 is 47.0 Å². The number of imide groups is 2. The Kier molecular flexibility index (Phi) is 15.3. The molecule has 0 bridgehead atoms. The maximum atomic E-state index is 12.7. The summed E-state index contributed by atoms with van der Waals surface area (Å²) < 4.78 is 12.7. The highest BCUT2D eigenvalue weighted by molar-refractivity contribution is 8.00. The molecule has 3 atom stereocenters. The summed E-state index contributed by atoms with van der Waals surface area (Å²) in [5.74, 6) is -4.98. The summed E-state index contributed by atoms with van der Waals surface area (Å²) >= 11 is 1.08. The van der Waals surface area contributed by atoms with Crippen LogP contribution in [0.3, 0.4) is 0 Å². The third-order valence-corrected chi connectivity index (χ3v) is 8.42. The van der Waals surface area contributed by atoms with Crippen LogP contribution in [0.4, 0.5) is 3.89 Å². The molecule has 2 aliphatic heterocycles. The average Bonchev–Trinajstić information content (AvgIpc) is 3.42. The van der Waals surface area contributed by atoms with Crippen LogP contribution >= 0.6 is 23.9 Å². The molecule has 0 aliphatic carbocycles. The number of ketones is 1. The second-order valence-electron chi connectivity index (χ2n) is 10.1. The highest BCUT2D eigenvalue weighted by Crippen LogP contribution is 2.25. The molecule has 3 unspecified atom stereocenters. The molecule has 2 heterocycles. The summed E-state index contributed by atoms with van der Waals surface area (Å²) in [7, 11) is 0.